The Morgan fingerprint density at radius 2 is 2.18 bits per heavy atom. The van der Waals surface area contributed by atoms with Gasteiger partial charge in [0.1, 0.15) is 11.8 Å². The molecule has 2 aliphatic rings. The highest BCUT2D eigenvalue weighted by Gasteiger charge is 2.49. The van der Waals surface area contributed by atoms with Crippen LogP contribution >= 0.6 is 11.6 Å². The molecule has 1 heterocycles. The van der Waals surface area contributed by atoms with E-state index in [0.29, 0.717) is 22.1 Å². The van der Waals surface area contributed by atoms with Crippen LogP contribution in [-0.4, -0.2) is 19.2 Å². The first-order chi connectivity index (χ1) is 8.21. The van der Waals surface area contributed by atoms with Gasteiger partial charge in [0.25, 0.3) is 0 Å². The third-order valence-electron chi connectivity index (χ3n) is 3.69. The van der Waals surface area contributed by atoms with Crippen molar-refractivity contribution in [3.8, 4) is 11.8 Å². The summed E-state index contributed by atoms with van der Waals surface area (Å²) < 4.78 is 5.84. The van der Waals surface area contributed by atoms with Crippen molar-refractivity contribution < 1.29 is 4.74 Å². The summed E-state index contributed by atoms with van der Waals surface area (Å²) in [5.41, 5.74) is 1.01. The Morgan fingerprint density at radius 1 is 1.41 bits per heavy atom. The molecule has 3 nitrogen and oxygen atoms in total. The zero-order chi connectivity index (χ0) is 11.9. The zero-order valence-electron chi connectivity index (χ0n) is 9.37. The lowest BCUT2D eigenvalue weighted by Gasteiger charge is -2.53. The lowest BCUT2D eigenvalue weighted by Crippen LogP contribution is -2.62. The van der Waals surface area contributed by atoms with Gasteiger partial charge in [-0.3, -0.25) is 0 Å². The van der Waals surface area contributed by atoms with Crippen molar-refractivity contribution in [1.29, 1.82) is 5.26 Å². The van der Waals surface area contributed by atoms with E-state index in [4.69, 9.17) is 21.6 Å². The minimum absolute atomic E-state index is 0.307. The summed E-state index contributed by atoms with van der Waals surface area (Å²) in [7, 11) is 0. The van der Waals surface area contributed by atoms with E-state index < -0.39 is 0 Å². The van der Waals surface area contributed by atoms with Crippen LogP contribution in [0.25, 0.3) is 0 Å². The monoisotopic (exact) mass is 248 g/mol. The largest absolute Gasteiger partial charge is 0.490 e. The van der Waals surface area contributed by atoms with Crippen LogP contribution in [0.1, 0.15) is 18.4 Å². The van der Waals surface area contributed by atoms with Crippen LogP contribution in [0.15, 0.2) is 18.2 Å². The molecule has 0 atom stereocenters. The number of nitrogens with zero attached hydrogens (tertiary/aromatic N) is 1. The van der Waals surface area contributed by atoms with Gasteiger partial charge in [0.05, 0.1) is 16.7 Å². The van der Waals surface area contributed by atoms with E-state index in [-0.39, 0.29) is 0 Å². The number of nitriles is 1. The Labute approximate surface area is 105 Å². The summed E-state index contributed by atoms with van der Waals surface area (Å²) >= 11 is 5.96. The van der Waals surface area contributed by atoms with Crippen molar-refractivity contribution in [1.82, 2.24) is 5.32 Å². The third kappa shape index (κ3) is 1.88. The molecule has 1 aromatic carbocycles. The first-order valence-electron chi connectivity index (χ1n) is 5.78. The molecule has 17 heavy (non-hydrogen) atoms. The molecule has 0 unspecified atom stereocenters. The maximum atomic E-state index is 8.77. The van der Waals surface area contributed by atoms with Crippen molar-refractivity contribution in [2.75, 3.05) is 13.1 Å². The molecule has 4 heteroatoms. The molecule has 0 bridgehead atoms. The minimum atomic E-state index is 0.307. The van der Waals surface area contributed by atoms with E-state index in [0.717, 1.165) is 31.7 Å². The van der Waals surface area contributed by atoms with E-state index in [1.807, 2.05) is 12.1 Å². The normalized spacial score (nSPS) is 21.4. The molecule has 3 rings (SSSR count). The summed E-state index contributed by atoms with van der Waals surface area (Å²) in [6.45, 7) is 2.25. The Bertz CT molecular complexity index is 483. The zero-order valence-corrected chi connectivity index (χ0v) is 10.1. The van der Waals surface area contributed by atoms with Crippen LogP contribution in [0, 0.1) is 16.7 Å². The van der Waals surface area contributed by atoms with Gasteiger partial charge < -0.3 is 10.1 Å². The average Bonchev–Trinajstić information content (AvgIpc) is 2.20. The SMILES string of the molecule is N#Cc1ccc(OC2CC3(CNC3)C2)cc1Cl. The molecule has 1 aliphatic carbocycles. The van der Waals surface area contributed by atoms with E-state index in [1.54, 1.807) is 12.1 Å². The highest BCUT2D eigenvalue weighted by atomic mass is 35.5. The summed E-state index contributed by atoms with van der Waals surface area (Å²) in [6, 6.07) is 7.28. The molecule has 0 aromatic heterocycles. The highest BCUT2D eigenvalue weighted by Crippen LogP contribution is 2.45. The van der Waals surface area contributed by atoms with E-state index in [9.17, 15) is 0 Å². The van der Waals surface area contributed by atoms with Crippen LogP contribution < -0.4 is 10.1 Å². The Hall–Kier alpha value is -1.24. The first-order valence-corrected chi connectivity index (χ1v) is 6.16. The number of nitrogens with one attached hydrogen (secondary N) is 1. The molecule has 1 saturated carbocycles. The second-order valence-electron chi connectivity index (χ2n) is 5.01. The van der Waals surface area contributed by atoms with Crippen LogP contribution in [0.2, 0.25) is 5.02 Å². The second-order valence-corrected chi connectivity index (χ2v) is 5.41. The fourth-order valence-electron chi connectivity index (χ4n) is 2.61. The maximum Gasteiger partial charge on any atom is 0.121 e. The number of hydrogen-bond acceptors (Lipinski definition) is 3. The summed E-state index contributed by atoms with van der Waals surface area (Å²) in [6.07, 6.45) is 2.55. The van der Waals surface area contributed by atoms with Crippen LogP contribution in [0.4, 0.5) is 0 Å². The molecular formula is C13H13ClN2O. The Balaban J connectivity index is 1.63. The van der Waals surface area contributed by atoms with Gasteiger partial charge in [-0.05, 0) is 25.0 Å². The van der Waals surface area contributed by atoms with Crippen molar-refractivity contribution in [2.45, 2.75) is 18.9 Å². The quantitative estimate of drug-likeness (QED) is 0.874. The third-order valence-corrected chi connectivity index (χ3v) is 4.00. The van der Waals surface area contributed by atoms with Gasteiger partial charge >= 0.3 is 0 Å². The lowest BCUT2D eigenvalue weighted by molar-refractivity contribution is -0.0495. The minimum Gasteiger partial charge on any atom is -0.490 e. The lowest BCUT2D eigenvalue weighted by atomic mass is 9.63. The topological polar surface area (TPSA) is 45.0 Å². The number of ether oxygens (including phenoxy) is 1. The molecule has 1 N–H and O–H groups in total. The maximum absolute atomic E-state index is 8.77. The first kappa shape index (κ1) is 10.9. The van der Waals surface area contributed by atoms with Crippen LogP contribution in [-0.2, 0) is 0 Å². The Morgan fingerprint density at radius 3 is 2.71 bits per heavy atom. The molecule has 0 radical (unpaired) electrons. The van der Waals surface area contributed by atoms with Gasteiger partial charge in [-0.2, -0.15) is 5.26 Å². The standard InChI is InChI=1S/C13H13ClN2O/c14-12-3-10(2-1-9(12)6-15)17-11-4-13(5-11)7-16-8-13/h1-3,11,16H,4-5,7-8H2. The summed E-state index contributed by atoms with van der Waals surface area (Å²) in [5.74, 6) is 0.765. The van der Waals surface area contributed by atoms with Crippen molar-refractivity contribution in [3.05, 3.63) is 28.8 Å². The average molecular weight is 249 g/mol. The molecule has 2 fully saturated rings. The van der Waals surface area contributed by atoms with Gasteiger partial charge in [-0.15, -0.1) is 0 Å². The van der Waals surface area contributed by atoms with Crippen molar-refractivity contribution in [2.24, 2.45) is 5.41 Å². The number of rotatable bonds is 2. The second kappa shape index (κ2) is 3.90. The fraction of sp³-hybridized carbons (Fsp3) is 0.462. The van der Waals surface area contributed by atoms with Crippen LogP contribution in [0.5, 0.6) is 5.75 Å². The summed E-state index contributed by atoms with van der Waals surface area (Å²) in [4.78, 5) is 0. The summed E-state index contributed by atoms with van der Waals surface area (Å²) in [5, 5.41) is 12.5. The van der Waals surface area contributed by atoms with Crippen molar-refractivity contribution >= 4 is 11.6 Å². The molecule has 1 saturated heterocycles. The number of halogens is 1. The molecule has 1 aromatic rings. The molecule has 1 spiro atoms. The van der Waals surface area contributed by atoms with E-state index >= 15 is 0 Å². The van der Waals surface area contributed by atoms with Gasteiger partial charge in [0.15, 0.2) is 0 Å². The van der Waals surface area contributed by atoms with Crippen molar-refractivity contribution in [3.63, 3.8) is 0 Å². The highest BCUT2D eigenvalue weighted by molar-refractivity contribution is 6.31. The predicted molar refractivity (Wildman–Crippen MR) is 65.1 cm³/mol. The van der Waals surface area contributed by atoms with Crippen LogP contribution in [0.3, 0.4) is 0 Å². The Kier molecular flexibility index (Phi) is 2.50. The van der Waals surface area contributed by atoms with Gasteiger partial charge in [0, 0.05) is 24.6 Å². The van der Waals surface area contributed by atoms with E-state index in [2.05, 4.69) is 5.32 Å². The molecule has 88 valence electrons. The number of hydrogen-bond donors (Lipinski definition) is 1. The van der Waals surface area contributed by atoms with Gasteiger partial charge in [-0.1, -0.05) is 11.6 Å². The fourth-order valence-corrected chi connectivity index (χ4v) is 2.82. The number of benzene rings is 1. The van der Waals surface area contributed by atoms with Gasteiger partial charge in [0.2, 0.25) is 0 Å². The predicted octanol–water partition coefficient (Wildman–Crippen LogP) is 2.34. The molecule has 1 aliphatic heterocycles. The van der Waals surface area contributed by atoms with E-state index in [1.165, 1.54) is 0 Å². The van der Waals surface area contributed by atoms with Gasteiger partial charge in [-0.25, -0.2) is 0 Å². The molecular weight excluding hydrogens is 236 g/mol. The smallest absolute Gasteiger partial charge is 0.121 e. The molecule has 0 amide bonds.